The average Bonchev–Trinajstić information content (AvgIpc) is 3.49. The molecule has 0 radical (unpaired) electrons. The second-order valence-electron chi connectivity index (χ2n) is 16.0. The molecule has 3 aromatic rings. The summed E-state index contributed by atoms with van der Waals surface area (Å²) in [5, 5.41) is 26.1. The molecule has 1 heterocycles. The molecule has 0 aromatic heterocycles. The van der Waals surface area contributed by atoms with Gasteiger partial charge in [0.25, 0.3) is 5.91 Å². The number of nitrogens with zero attached hydrogens (tertiary/aromatic N) is 3. The highest BCUT2D eigenvalue weighted by Crippen LogP contribution is 2.61. The summed E-state index contributed by atoms with van der Waals surface area (Å²) in [7, 11) is 4.02. The third-order valence-corrected chi connectivity index (χ3v) is 12.1. The zero-order chi connectivity index (χ0) is 36.4. The number of carbonyl (C=O) groups is 2. The number of fused-ring (bicyclic) bond motifs is 2. The third kappa shape index (κ3) is 7.93. The standard InChI is InChI=1S/C42H56N4O5/c1-27-35-22-34(42(35,3)4)23-36(27)43-40(49)39-38(28(2)48)37(26-47)51-46(39)25-30-13-10-14-33(21-30)31-15-17-32(18-16-31)41(50)45(20-19-44(5)6)24-29-11-8-7-9-12-29/h7-18,21,27-28,34-39,47-48H,19-20,22-26H2,1-6H3,(H,43,49)/t27-,28-,34-,35+,36-,37-,38+,39-/m0/s1. The fraction of sp³-hybridized carbons (Fsp3) is 0.524. The van der Waals surface area contributed by atoms with Gasteiger partial charge in [-0.25, -0.2) is 0 Å². The van der Waals surface area contributed by atoms with Gasteiger partial charge in [0.05, 0.1) is 19.3 Å². The van der Waals surface area contributed by atoms with Crippen molar-refractivity contribution in [3.8, 4) is 11.1 Å². The number of amides is 2. The molecule has 9 nitrogen and oxygen atoms in total. The lowest BCUT2D eigenvalue weighted by Crippen LogP contribution is -2.62. The van der Waals surface area contributed by atoms with Gasteiger partial charge in [0, 0.05) is 37.2 Å². The van der Waals surface area contributed by atoms with Gasteiger partial charge in [0.1, 0.15) is 12.1 Å². The van der Waals surface area contributed by atoms with Crippen LogP contribution in [0, 0.1) is 29.1 Å². The lowest BCUT2D eigenvalue weighted by molar-refractivity contribution is -0.183. The van der Waals surface area contributed by atoms with E-state index in [1.165, 1.54) is 6.42 Å². The van der Waals surface area contributed by atoms with E-state index in [0.717, 1.165) is 35.2 Å². The molecule has 3 aromatic carbocycles. The van der Waals surface area contributed by atoms with E-state index in [1.54, 1.807) is 12.0 Å². The normalized spacial score (nSPS) is 27.5. The maximum atomic E-state index is 14.1. The number of hydrogen-bond acceptors (Lipinski definition) is 7. The molecule has 1 saturated heterocycles. The molecular formula is C42H56N4O5. The third-order valence-electron chi connectivity index (χ3n) is 12.1. The maximum absolute atomic E-state index is 14.1. The van der Waals surface area contributed by atoms with Crippen LogP contribution in [0.15, 0.2) is 78.9 Å². The molecule has 51 heavy (non-hydrogen) atoms. The highest BCUT2D eigenvalue weighted by molar-refractivity contribution is 5.94. The van der Waals surface area contributed by atoms with Crippen LogP contribution >= 0.6 is 0 Å². The summed E-state index contributed by atoms with van der Waals surface area (Å²) in [6.07, 6.45) is 0.642. The maximum Gasteiger partial charge on any atom is 0.254 e. The Morgan fingerprint density at radius 3 is 2.29 bits per heavy atom. The Morgan fingerprint density at radius 2 is 1.67 bits per heavy atom. The first-order valence-corrected chi connectivity index (χ1v) is 18.6. The number of hydroxylamine groups is 2. The Hall–Kier alpha value is -3.60. The molecule has 3 N–H and O–H groups in total. The summed E-state index contributed by atoms with van der Waals surface area (Å²) in [5.41, 5.74) is 4.91. The highest BCUT2D eigenvalue weighted by atomic mass is 16.7. The van der Waals surface area contributed by atoms with Gasteiger partial charge in [-0.05, 0) is 97.5 Å². The van der Waals surface area contributed by atoms with Crippen molar-refractivity contribution in [2.45, 2.75) is 77.9 Å². The number of carbonyl (C=O) groups excluding carboxylic acids is 2. The Labute approximate surface area is 303 Å². The van der Waals surface area contributed by atoms with E-state index < -0.39 is 24.2 Å². The van der Waals surface area contributed by atoms with Crippen molar-refractivity contribution < 1.29 is 24.6 Å². The number of aliphatic hydroxyl groups is 2. The first kappa shape index (κ1) is 37.2. The van der Waals surface area contributed by atoms with Crippen LogP contribution in [0.5, 0.6) is 0 Å². The number of benzene rings is 3. The van der Waals surface area contributed by atoms with Crippen LogP contribution in [0.4, 0.5) is 0 Å². The largest absolute Gasteiger partial charge is 0.394 e. The monoisotopic (exact) mass is 696 g/mol. The van der Waals surface area contributed by atoms with Gasteiger partial charge in [-0.15, -0.1) is 0 Å². The Balaban J connectivity index is 1.17. The van der Waals surface area contributed by atoms with E-state index >= 15 is 0 Å². The van der Waals surface area contributed by atoms with Gasteiger partial charge in [-0.2, -0.15) is 5.06 Å². The van der Waals surface area contributed by atoms with Gasteiger partial charge < -0.3 is 25.3 Å². The minimum absolute atomic E-state index is 0.00836. The van der Waals surface area contributed by atoms with Crippen LogP contribution in [0.1, 0.15) is 62.0 Å². The minimum Gasteiger partial charge on any atom is -0.394 e. The number of nitrogens with one attached hydrogen (secondary N) is 1. The molecule has 0 unspecified atom stereocenters. The van der Waals surface area contributed by atoms with E-state index in [-0.39, 0.29) is 24.5 Å². The molecule has 9 heteroatoms. The summed E-state index contributed by atoms with van der Waals surface area (Å²) >= 11 is 0. The van der Waals surface area contributed by atoms with E-state index in [1.807, 2.05) is 91.8 Å². The van der Waals surface area contributed by atoms with Gasteiger partial charge in [-0.3, -0.25) is 14.4 Å². The van der Waals surface area contributed by atoms with Crippen molar-refractivity contribution in [2.24, 2.45) is 29.1 Å². The Morgan fingerprint density at radius 1 is 0.961 bits per heavy atom. The van der Waals surface area contributed by atoms with Crippen molar-refractivity contribution in [3.63, 3.8) is 0 Å². The fourth-order valence-corrected chi connectivity index (χ4v) is 8.88. The SMILES string of the molecule is C[C@@H]1[C@@H](NC(=O)[C@@H]2[C@H]([C@H](C)O)[C@H](CO)ON2Cc2cccc(-c3ccc(C(=O)N(CCN(C)C)Cc4ccccc4)cc3)c2)C[C@@H]2C[C@H]1C2(C)C. The quantitative estimate of drug-likeness (QED) is 0.225. The topological polar surface area (TPSA) is 106 Å². The summed E-state index contributed by atoms with van der Waals surface area (Å²) in [4.78, 5) is 37.9. The van der Waals surface area contributed by atoms with E-state index in [2.05, 4.69) is 37.1 Å². The van der Waals surface area contributed by atoms with Crippen molar-refractivity contribution in [2.75, 3.05) is 33.8 Å². The number of aliphatic hydroxyl groups excluding tert-OH is 2. The van der Waals surface area contributed by atoms with Crippen LogP contribution in [-0.4, -0.2) is 95.0 Å². The molecule has 4 fully saturated rings. The molecule has 8 atom stereocenters. The van der Waals surface area contributed by atoms with Gasteiger partial charge in [0.15, 0.2) is 0 Å². The molecule has 274 valence electrons. The zero-order valence-electron chi connectivity index (χ0n) is 31.0. The van der Waals surface area contributed by atoms with Crippen LogP contribution in [0.3, 0.4) is 0 Å². The summed E-state index contributed by atoms with van der Waals surface area (Å²) in [5.74, 6) is 0.812. The molecule has 2 bridgehead atoms. The molecular weight excluding hydrogens is 640 g/mol. The summed E-state index contributed by atoms with van der Waals surface area (Å²) in [6, 6.07) is 25.2. The summed E-state index contributed by atoms with van der Waals surface area (Å²) < 4.78 is 0. The fourth-order valence-electron chi connectivity index (χ4n) is 8.88. The van der Waals surface area contributed by atoms with Crippen LogP contribution in [-0.2, 0) is 22.7 Å². The second kappa shape index (κ2) is 15.6. The number of hydrogen-bond donors (Lipinski definition) is 3. The molecule has 2 amide bonds. The van der Waals surface area contributed by atoms with Crippen LogP contribution in [0.2, 0.25) is 0 Å². The molecule has 4 aliphatic rings. The Kier molecular flexibility index (Phi) is 11.3. The van der Waals surface area contributed by atoms with Gasteiger partial charge in [-0.1, -0.05) is 81.4 Å². The average molecular weight is 697 g/mol. The van der Waals surface area contributed by atoms with Gasteiger partial charge >= 0.3 is 0 Å². The predicted octanol–water partition coefficient (Wildman–Crippen LogP) is 5.22. The highest BCUT2D eigenvalue weighted by Gasteiger charge is 2.57. The number of likely N-dealkylation sites (N-methyl/N-ethyl adjacent to an activating group) is 1. The first-order chi connectivity index (χ1) is 24.4. The van der Waals surface area contributed by atoms with Crippen molar-refractivity contribution in [1.29, 1.82) is 0 Å². The van der Waals surface area contributed by atoms with Gasteiger partial charge in [0.2, 0.25) is 5.91 Å². The lowest BCUT2D eigenvalue weighted by Gasteiger charge is -2.62. The van der Waals surface area contributed by atoms with Crippen LogP contribution in [0.25, 0.3) is 11.1 Å². The number of rotatable bonds is 13. The Bertz CT molecular complexity index is 1640. The molecule has 7 rings (SSSR count). The molecule has 1 aliphatic heterocycles. The van der Waals surface area contributed by atoms with Crippen molar-refractivity contribution in [3.05, 3.63) is 95.6 Å². The molecule has 3 aliphatic carbocycles. The minimum atomic E-state index is -0.849. The van der Waals surface area contributed by atoms with Crippen molar-refractivity contribution in [1.82, 2.24) is 20.2 Å². The van der Waals surface area contributed by atoms with Crippen molar-refractivity contribution >= 4 is 11.8 Å². The second-order valence-corrected chi connectivity index (χ2v) is 16.0. The zero-order valence-corrected chi connectivity index (χ0v) is 31.0. The first-order valence-electron chi connectivity index (χ1n) is 18.6. The predicted molar refractivity (Wildman–Crippen MR) is 199 cm³/mol. The van der Waals surface area contributed by atoms with E-state index in [4.69, 9.17) is 4.84 Å². The molecule has 3 saturated carbocycles. The van der Waals surface area contributed by atoms with E-state index in [0.29, 0.717) is 48.4 Å². The smallest absolute Gasteiger partial charge is 0.254 e. The lowest BCUT2D eigenvalue weighted by atomic mass is 9.45. The molecule has 0 spiro atoms. The summed E-state index contributed by atoms with van der Waals surface area (Å²) in [6.45, 7) is 10.5. The van der Waals surface area contributed by atoms with E-state index in [9.17, 15) is 19.8 Å². The van der Waals surface area contributed by atoms with Crippen LogP contribution < -0.4 is 5.32 Å².